The maximum atomic E-state index is 4.85. The third kappa shape index (κ3) is 107. The Morgan fingerprint density at radius 3 is 1.57 bits per heavy atom. The van der Waals surface area contributed by atoms with Gasteiger partial charge in [-0.2, -0.15) is 0 Å². The number of rotatable bonds is 1. The molecule has 46 valence electrons. The molecule has 0 unspecified atom stereocenters. The Labute approximate surface area is 45.7 Å². The summed E-state index contributed by atoms with van der Waals surface area (Å²) in [7, 11) is 1.68. The van der Waals surface area contributed by atoms with Crippen molar-refractivity contribution in [3.05, 3.63) is 0 Å². The summed E-state index contributed by atoms with van der Waals surface area (Å²) in [5.41, 5.74) is 4.85. The summed E-state index contributed by atoms with van der Waals surface area (Å²) in [6.07, 6.45) is 0. The molecule has 0 atom stereocenters. The third-order valence-electron chi connectivity index (χ3n) is 0.289. The predicted octanol–water partition coefficient (Wildman–Crippen LogP) is 0.618. The molecular weight excluding hydrogens is 90.1 g/mol. The summed E-state index contributed by atoms with van der Waals surface area (Å²) in [4.78, 5) is 0. The molecule has 0 spiro atoms. The lowest BCUT2D eigenvalue weighted by Crippen LogP contribution is -1.87. The fourth-order valence-electron chi connectivity index (χ4n) is 0. The number of hydrogen-bond donors (Lipinski definition) is 1. The summed E-state index contributed by atoms with van der Waals surface area (Å²) in [6.45, 7) is 5.43. The molecule has 2 nitrogen and oxygen atoms in total. The summed E-state index contributed by atoms with van der Waals surface area (Å²) in [5, 5.41) is 0. The van der Waals surface area contributed by atoms with Crippen LogP contribution in [-0.4, -0.2) is 20.3 Å². The summed E-state index contributed by atoms with van der Waals surface area (Å²) >= 11 is 0. The molecule has 0 aliphatic heterocycles. The fraction of sp³-hybridized carbons (Fsp3) is 1.00. The van der Waals surface area contributed by atoms with Crippen LogP contribution in [0.2, 0.25) is 0 Å². The SMILES string of the molecule is CCN.CCOC. The van der Waals surface area contributed by atoms with Crippen molar-refractivity contribution in [2.75, 3.05) is 20.3 Å². The normalized spacial score (nSPS) is 6.86. The minimum atomic E-state index is 0.750. The van der Waals surface area contributed by atoms with Crippen LogP contribution in [0.5, 0.6) is 0 Å². The minimum absolute atomic E-state index is 0.750. The van der Waals surface area contributed by atoms with E-state index < -0.39 is 0 Å². The predicted molar refractivity (Wildman–Crippen MR) is 32.3 cm³/mol. The first-order chi connectivity index (χ1) is 3.33. The van der Waals surface area contributed by atoms with Crippen LogP contribution in [0.4, 0.5) is 0 Å². The van der Waals surface area contributed by atoms with Crippen molar-refractivity contribution >= 4 is 0 Å². The summed E-state index contributed by atoms with van der Waals surface area (Å²) in [5.74, 6) is 0. The van der Waals surface area contributed by atoms with E-state index in [0.29, 0.717) is 0 Å². The van der Waals surface area contributed by atoms with Gasteiger partial charge in [0, 0.05) is 13.7 Å². The van der Waals surface area contributed by atoms with E-state index in [4.69, 9.17) is 5.73 Å². The molecule has 0 bridgehead atoms. The molecular formula is C5H15NO. The van der Waals surface area contributed by atoms with Crippen molar-refractivity contribution in [3.8, 4) is 0 Å². The molecule has 0 aromatic carbocycles. The van der Waals surface area contributed by atoms with Gasteiger partial charge in [0.15, 0.2) is 0 Å². The molecule has 0 saturated carbocycles. The van der Waals surface area contributed by atoms with Crippen molar-refractivity contribution in [2.24, 2.45) is 5.73 Å². The molecule has 0 fully saturated rings. The van der Waals surface area contributed by atoms with Crippen LogP contribution < -0.4 is 5.73 Å². The van der Waals surface area contributed by atoms with E-state index in [0.717, 1.165) is 13.2 Å². The van der Waals surface area contributed by atoms with Gasteiger partial charge in [0.2, 0.25) is 0 Å². The Kier molecular flexibility index (Phi) is 24.1. The van der Waals surface area contributed by atoms with Gasteiger partial charge in [-0.25, -0.2) is 0 Å². The molecule has 0 radical (unpaired) electrons. The first-order valence-electron chi connectivity index (χ1n) is 2.52. The van der Waals surface area contributed by atoms with Gasteiger partial charge in [-0.3, -0.25) is 0 Å². The zero-order chi connectivity index (χ0) is 6.12. The lowest BCUT2D eigenvalue weighted by molar-refractivity contribution is 0.215. The summed E-state index contributed by atoms with van der Waals surface area (Å²) in [6, 6.07) is 0. The highest BCUT2D eigenvalue weighted by Crippen LogP contribution is 1.52. The second kappa shape index (κ2) is 16.8. The standard InChI is InChI=1S/C3H8O.C2H7N/c1-3-4-2;1-2-3/h3H2,1-2H3;2-3H2,1H3. The van der Waals surface area contributed by atoms with E-state index in [9.17, 15) is 0 Å². The highest BCUT2D eigenvalue weighted by molar-refractivity contribution is 4.00. The van der Waals surface area contributed by atoms with E-state index in [1.54, 1.807) is 7.11 Å². The number of nitrogens with two attached hydrogens (primary N) is 1. The zero-order valence-corrected chi connectivity index (χ0v) is 5.40. The van der Waals surface area contributed by atoms with Crippen LogP contribution in [0, 0.1) is 0 Å². The Morgan fingerprint density at radius 1 is 1.43 bits per heavy atom. The van der Waals surface area contributed by atoms with Crippen molar-refractivity contribution in [1.29, 1.82) is 0 Å². The molecule has 0 aromatic rings. The van der Waals surface area contributed by atoms with E-state index in [-0.39, 0.29) is 0 Å². The molecule has 0 saturated heterocycles. The van der Waals surface area contributed by atoms with Crippen molar-refractivity contribution < 1.29 is 4.74 Å². The molecule has 0 rings (SSSR count). The van der Waals surface area contributed by atoms with Gasteiger partial charge >= 0.3 is 0 Å². The quantitative estimate of drug-likeness (QED) is 0.530. The maximum Gasteiger partial charge on any atom is 0.0433 e. The fourth-order valence-corrected chi connectivity index (χ4v) is 0. The molecule has 0 amide bonds. The molecule has 0 aliphatic rings. The molecule has 7 heavy (non-hydrogen) atoms. The van der Waals surface area contributed by atoms with Crippen molar-refractivity contribution in [3.63, 3.8) is 0 Å². The van der Waals surface area contributed by atoms with E-state index in [1.165, 1.54) is 0 Å². The van der Waals surface area contributed by atoms with Gasteiger partial charge < -0.3 is 10.5 Å². The minimum Gasteiger partial charge on any atom is -0.385 e. The maximum absolute atomic E-state index is 4.85. The molecule has 0 aromatic heterocycles. The van der Waals surface area contributed by atoms with Crippen LogP contribution in [-0.2, 0) is 4.74 Å². The van der Waals surface area contributed by atoms with Crippen LogP contribution in [0.3, 0.4) is 0 Å². The summed E-state index contributed by atoms with van der Waals surface area (Å²) < 4.78 is 4.54. The van der Waals surface area contributed by atoms with Crippen molar-refractivity contribution in [1.82, 2.24) is 0 Å². The van der Waals surface area contributed by atoms with Crippen LogP contribution in [0.25, 0.3) is 0 Å². The van der Waals surface area contributed by atoms with Crippen LogP contribution in [0.1, 0.15) is 13.8 Å². The van der Waals surface area contributed by atoms with E-state index in [2.05, 4.69) is 4.74 Å². The first-order valence-corrected chi connectivity index (χ1v) is 2.52. The molecule has 2 N–H and O–H groups in total. The first kappa shape index (κ1) is 10.0. The lowest BCUT2D eigenvalue weighted by Gasteiger charge is -1.76. The van der Waals surface area contributed by atoms with Gasteiger partial charge in [0.1, 0.15) is 0 Å². The topological polar surface area (TPSA) is 35.2 Å². The second-order valence-corrected chi connectivity index (χ2v) is 0.986. The Bertz CT molecular complexity index is 15.6. The average Bonchev–Trinajstić information content (AvgIpc) is 1.69. The third-order valence-corrected chi connectivity index (χ3v) is 0.289. The van der Waals surface area contributed by atoms with E-state index >= 15 is 0 Å². The molecule has 0 aliphatic carbocycles. The number of methoxy groups -OCH3 is 1. The number of ether oxygens (including phenoxy) is 1. The van der Waals surface area contributed by atoms with Crippen molar-refractivity contribution in [2.45, 2.75) is 13.8 Å². The van der Waals surface area contributed by atoms with E-state index in [1.807, 2.05) is 13.8 Å². The average molecular weight is 105 g/mol. The smallest absolute Gasteiger partial charge is 0.0433 e. The lowest BCUT2D eigenvalue weighted by atomic mass is 10.8. The highest BCUT2D eigenvalue weighted by atomic mass is 16.5. The number of hydrogen-bond acceptors (Lipinski definition) is 2. The van der Waals surface area contributed by atoms with Gasteiger partial charge in [-0.15, -0.1) is 0 Å². The largest absolute Gasteiger partial charge is 0.385 e. The Morgan fingerprint density at radius 2 is 1.57 bits per heavy atom. The molecule has 0 heterocycles. The highest BCUT2D eigenvalue weighted by Gasteiger charge is 1.51. The van der Waals surface area contributed by atoms with Gasteiger partial charge in [-0.05, 0) is 13.5 Å². The Balaban J connectivity index is 0. The monoisotopic (exact) mass is 105 g/mol. The second-order valence-electron chi connectivity index (χ2n) is 0.986. The van der Waals surface area contributed by atoms with Crippen LogP contribution >= 0.6 is 0 Å². The van der Waals surface area contributed by atoms with Gasteiger partial charge in [0.05, 0.1) is 0 Å². The van der Waals surface area contributed by atoms with Gasteiger partial charge in [0.25, 0.3) is 0 Å². The van der Waals surface area contributed by atoms with Gasteiger partial charge in [-0.1, -0.05) is 6.92 Å². The zero-order valence-electron chi connectivity index (χ0n) is 5.40. The Hall–Kier alpha value is -0.0800. The molecule has 2 heteroatoms. The van der Waals surface area contributed by atoms with Crippen LogP contribution in [0.15, 0.2) is 0 Å².